The first kappa shape index (κ1) is 22.4. The minimum Gasteiger partial charge on any atom is -0.443 e. The Morgan fingerprint density at radius 2 is 2.00 bits per heavy atom. The van der Waals surface area contributed by atoms with Gasteiger partial charge in [0.25, 0.3) is 0 Å². The molecule has 0 bridgehead atoms. The Labute approximate surface area is 169 Å². The number of halogens is 1. The van der Waals surface area contributed by atoms with Gasteiger partial charge in [0.2, 0.25) is 5.91 Å². The Bertz CT molecular complexity index is 780. The normalized spacial score (nSPS) is 15.7. The second-order valence-electron chi connectivity index (χ2n) is 7.36. The summed E-state index contributed by atoms with van der Waals surface area (Å²) in [6.07, 6.45) is -0.676. The summed E-state index contributed by atoms with van der Waals surface area (Å²) in [4.78, 5) is 30.8. The van der Waals surface area contributed by atoms with E-state index in [-0.39, 0.29) is 18.1 Å². The first-order chi connectivity index (χ1) is 13.7. The quantitative estimate of drug-likeness (QED) is 0.534. The molecule has 2 rings (SSSR count). The van der Waals surface area contributed by atoms with Crippen LogP contribution in [-0.2, 0) is 20.9 Å². The number of nitrogens with two attached hydrogens (primary N) is 2. The smallest absolute Gasteiger partial charge is 0.437 e. The van der Waals surface area contributed by atoms with Crippen LogP contribution in [0.4, 0.5) is 14.9 Å². The molecule has 1 aliphatic rings. The average Bonchev–Trinajstić information content (AvgIpc) is 2.64. The Kier molecular flexibility index (Phi) is 7.38. The Balaban J connectivity index is 2.11. The van der Waals surface area contributed by atoms with E-state index in [2.05, 4.69) is 4.99 Å². The topological polar surface area (TPSA) is 123 Å². The van der Waals surface area contributed by atoms with Gasteiger partial charge in [-0.05, 0) is 19.9 Å². The molecule has 1 saturated heterocycles. The number of aliphatic imine (C=N–C) groups is 1. The van der Waals surface area contributed by atoms with E-state index >= 15 is 4.39 Å². The molecule has 1 aliphatic heterocycles. The lowest BCUT2D eigenvalue weighted by molar-refractivity contribution is -0.138. The molecule has 4 N–H and O–H groups in total. The number of amides is 2. The molecule has 1 aromatic rings. The largest absolute Gasteiger partial charge is 0.443 e. The van der Waals surface area contributed by atoms with Gasteiger partial charge in [-0.1, -0.05) is 12.1 Å². The van der Waals surface area contributed by atoms with Crippen molar-refractivity contribution >= 4 is 23.6 Å². The van der Waals surface area contributed by atoms with E-state index in [1.165, 1.54) is 6.07 Å². The molecule has 10 heteroatoms. The number of hydrogen-bond acceptors (Lipinski definition) is 5. The summed E-state index contributed by atoms with van der Waals surface area (Å²) in [6, 6.07) is 4.87. The van der Waals surface area contributed by atoms with Gasteiger partial charge in [-0.2, -0.15) is 0 Å². The SMILES string of the molecule is COCCC(=O)N1CCN(c2cccc(COC(=O)N=C(N)N)c2F)CC1(C)C. The van der Waals surface area contributed by atoms with Crippen LogP contribution >= 0.6 is 0 Å². The van der Waals surface area contributed by atoms with Crippen molar-refractivity contribution in [3.63, 3.8) is 0 Å². The van der Waals surface area contributed by atoms with E-state index in [1.54, 1.807) is 24.1 Å². The Morgan fingerprint density at radius 3 is 2.62 bits per heavy atom. The van der Waals surface area contributed by atoms with Crippen LogP contribution in [0.5, 0.6) is 0 Å². The van der Waals surface area contributed by atoms with Crippen LogP contribution in [0.1, 0.15) is 25.8 Å². The van der Waals surface area contributed by atoms with Crippen molar-refractivity contribution in [1.82, 2.24) is 4.90 Å². The van der Waals surface area contributed by atoms with Crippen molar-refractivity contribution in [1.29, 1.82) is 0 Å². The molecule has 0 unspecified atom stereocenters. The average molecular weight is 409 g/mol. The van der Waals surface area contributed by atoms with E-state index in [4.69, 9.17) is 20.9 Å². The van der Waals surface area contributed by atoms with Crippen molar-refractivity contribution in [2.24, 2.45) is 16.5 Å². The van der Waals surface area contributed by atoms with Gasteiger partial charge in [-0.3, -0.25) is 4.79 Å². The third-order valence-electron chi connectivity index (χ3n) is 4.69. The van der Waals surface area contributed by atoms with Gasteiger partial charge in [0, 0.05) is 32.3 Å². The first-order valence-corrected chi connectivity index (χ1v) is 9.24. The van der Waals surface area contributed by atoms with E-state index in [1.807, 2.05) is 18.7 Å². The Hall–Kier alpha value is -2.88. The maximum atomic E-state index is 15.0. The third-order valence-corrected chi connectivity index (χ3v) is 4.69. The van der Waals surface area contributed by atoms with E-state index in [9.17, 15) is 9.59 Å². The molecular weight excluding hydrogens is 381 g/mol. The number of methoxy groups -OCH3 is 1. The van der Waals surface area contributed by atoms with Crippen molar-refractivity contribution in [3.05, 3.63) is 29.6 Å². The fourth-order valence-electron chi connectivity index (χ4n) is 3.35. The fourth-order valence-corrected chi connectivity index (χ4v) is 3.35. The predicted molar refractivity (Wildman–Crippen MR) is 107 cm³/mol. The number of benzene rings is 1. The van der Waals surface area contributed by atoms with Crippen LogP contribution in [0, 0.1) is 5.82 Å². The minimum atomic E-state index is -0.987. The number of hydrogen-bond donors (Lipinski definition) is 2. The molecule has 9 nitrogen and oxygen atoms in total. The summed E-state index contributed by atoms with van der Waals surface area (Å²) in [5, 5.41) is 0. The standard InChI is InChI=1S/C19H28FN5O4/c1-19(2)12-24(8-9-25(19)15(26)7-10-28-3)14-6-4-5-13(16(14)20)11-29-18(27)23-17(21)22/h4-6H,7-12H2,1-3H3,(H4,21,22,23,27). The summed E-state index contributed by atoms with van der Waals surface area (Å²) in [5.41, 5.74) is 10.3. The summed E-state index contributed by atoms with van der Waals surface area (Å²) >= 11 is 0. The molecule has 0 aliphatic carbocycles. The highest BCUT2D eigenvalue weighted by molar-refractivity contribution is 5.87. The van der Waals surface area contributed by atoms with Crippen molar-refractivity contribution in [3.8, 4) is 0 Å². The van der Waals surface area contributed by atoms with Gasteiger partial charge < -0.3 is 30.7 Å². The summed E-state index contributed by atoms with van der Waals surface area (Å²) in [6.45, 7) is 5.37. The molecule has 0 aromatic heterocycles. The highest BCUT2D eigenvalue weighted by Gasteiger charge is 2.37. The van der Waals surface area contributed by atoms with Crippen molar-refractivity contribution in [2.45, 2.75) is 32.4 Å². The van der Waals surface area contributed by atoms with Crippen molar-refractivity contribution < 1.29 is 23.5 Å². The summed E-state index contributed by atoms with van der Waals surface area (Å²) in [5.74, 6) is -0.901. The van der Waals surface area contributed by atoms with Gasteiger partial charge in [-0.15, -0.1) is 4.99 Å². The highest BCUT2D eigenvalue weighted by atomic mass is 19.1. The van der Waals surface area contributed by atoms with Gasteiger partial charge in [0.05, 0.1) is 24.3 Å². The lowest BCUT2D eigenvalue weighted by Crippen LogP contribution is -2.61. The van der Waals surface area contributed by atoms with Crippen LogP contribution in [-0.4, -0.2) is 61.7 Å². The molecule has 1 aromatic carbocycles. The van der Waals surface area contributed by atoms with Crippen LogP contribution in [0.15, 0.2) is 23.2 Å². The number of carbonyl (C=O) groups excluding carboxylic acids is 2. The third kappa shape index (κ3) is 5.80. The number of guanidine groups is 1. The number of carbonyl (C=O) groups is 2. The number of nitrogens with zero attached hydrogens (tertiary/aromatic N) is 3. The summed E-state index contributed by atoms with van der Waals surface area (Å²) < 4.78 is 24.9. The van der Waals surface area contributed by atoms with E-state index in [0.29, 0.717) is 38.3 Å². The molecule has 1 fully saturated rings. The van der Waals surface area contributed by atoms with Crippen LogP contribution in [0.2, 0.25) is 0 Å². The first-order valence-electron chi connectivity index (χ1n) is 9.24. The lowest BCUT2D eigenvalue weighted by atomic mass is 9.97. The number of piperazine rings is 1. The second-order valence-corrected chi connectivity index (χ2v) is 7.36. The summed E-state index contributed by atoms with van der Waals surface area (Å²) in [7, 11) is 1.56. The molecule has 29 heavy (non-hydrogen) atoms. The van der Waals surface area contributed by atoms with Gasteiger partial charge >= 0.3 is 6.09 Å². The maximum absolute atomic E-state index is 15.0. The monoisotopic (exact) mass is 409 g/mol. The Morgan fingerprint density at radius 1 is 1.28 bits per heavy atom. The molecule has 0 radical (unpaired) electrons. The molecule has 0 spiro atoms. The number of ether oxygens (including phenoxy) is 2. The number of anilines is 1. The molecule has 0 saturated carbocycles. The second kappa shape index (κ2) is 9.55. The fraction of sp³-hybridized carbons (Fsp3) is 0.526. The molecule has 1 heterocycles. The van der Waals surface area contributed by atoms with E-state index in [0.717, 1.165) is 0 Å². The minimum absolute atomic E-state index is 0.0115. The zero-order valence-electron chi connectivity index (χ0n) is 17.0. The number of rotatable bonds is 6. The van der Waals surface area contributed by atoms with Crippen molar-refractivity contribution in [2.75, 3.05) is 38.3 Å². The van der Waals surface area contributed by atoms with Gasteiger partial charge in [0.15, 0.2) is 11.8 Å². The van der Waals surface area contributed by atoms with Crippen LogP contribution < -0.4 is 16.4 Å². The zero-order valence-corrected chi connectivity index (χ0v) is 17.0. The van der Waals surface area contributed by atoms with Crippen LogP contribution in [0.3, 0.4) is 0 Å². The molecular formula is C19H28FN5O4. The zero-order chi connectivity index (χ0) is 21.6. The predicted octanol–water partition coefficient (Wildman–Crippen LogP) is 1.20. The molecule has 2 amide bonds. The maximum Gasteiger partial charge on any atom is 0.437 e. The van der Waals surface area contributed by atoms with Crippen LogP contribution in [0.25, 0.3) is 0 Å². The molecule has 160 valence electrons. The van der Waals surface area contributed by atoms with Gasteiger partial charge in [0.1, 0.15) is 6.61 Å². The molecule has 0 atom stereocenters. The van der Waals surface area contributed by atoms with Gasteiger partial charge in [-0.25, -0.2) is 9.18 Å². The highest BCUT2D eigenvalue weighted by Crippen LogP contribution is 2.29. The van der Waals surface area contributed by atoms with E-state index < -0.39 is 23.4 Å². The lowest BCUT2D eigenvalue weighted by Gasteiger charge is -2.48.